The Kier molecular flexibility index (Phi) is 13.2. The Balaban J connectivity index is 1.84. The molecule has 46 heavy (non-hydrogen) atoms. The summed E-state index contributed by atoms with van der Waals surface area (Å²) in [4.78, 5) is 66.1. The van der Waals surface area contributed by atoms with Gasteiger partial charge in [-0.2, -0.15) is 0 Å². The van der Waals surface area contributed by atoms with Crippen molar-refractivity contribution >= 4 is 29.5 Å². The summed E-state index contributed by atoms with van der Waals surface area (Å²) in [6.07, 6.45) is -1.92. The number of aliphatic hydroxyl groups is 1. The van der Waals surface area contributed by atoms with Crippen molar-refractivity contribution in [3.05, 3.63) is 54.1 Å². The standard InChI is InChI=1S/C32H43N5O9/c1-18(2)27-31(42)34-19(3)17-46-25-9-7-6-8-23(25)29(40)35-24(16-26(39)36-28(20(4)38)32(43)37-27)30(41)33-14-15-45-22-12-10-21(44-5)11-13-22/h6-13,18-20,24,27-28,38H,14-17H2,1-5H3,(H,33,41)(H,34,42)(H,35,40)(H,36,39)(H,37,43)/t19-,20+,24-,27+,28-/m0/s1. The normalized spacial score (nSPS) is 22.1. The van der Waals surface area contributed by atoms with Gasteiger partial charge in [0.05, 0.1) is 37.8 Å². The number of rotatable bonds is 8. The van der Waals surface area contributed by atoms with Gasteiger partial charge in [-0.25, -0.2) is 0 Å². The molecule has 1 aliphatic heterocycles. The van der Waals surface area contributed by atoms with Gasteiger partial charge in [-0.15, -0.1) is 0 Å². The molecule has 0 bridgehead atoms. The summed E-state index contributed by atoms with van der Waals surface area (Å²) in [5.74, 6) is -2.39. The molecule has 0 saturated heterocycles. The molecule has 0 saturated carbocycles. The van der Waals surface area contributed by atoms with Gasteiger partial charge in [-0.3, -0.25) is 24.0 Å². The highest BCUT2D eigenvalue weighted by Gasteiger charge is 2.33. The summed E-state index contributed by atoms with van der Waals surface area (Å²) < 4.78 is 16.6. The minimum atomic E-state index is -1.45. The lowest BCUT2D eigenvalue weighted by Gasteiger charge is -2.27. The molecule has 0 fully saturated rings. The van der Waals surface area contributed by atoms with Crippen LogP contribution in [-0.4, -0.2) is 91.8 Å². The van der Waals surface area contributed by atoms with Gasteiger partial charge in [0.1, 0.15) is 48.6 Å². The van der Waals surface area contributed by atoms with Crippen molar-refractivity contribution < 1.29 is 43.3 Å². The number of para-hydroxylation sites is 1. The van der Waals surface area contributed by atoms with Crippen LogP contribution in [0.25, 0.3) is 0 Å². The van der Waals surface area contributed by atoms with E-state index in [-0.39, 0.29) is 37.0 Å². The van der Waals surface area contributed by atoms with Crippen LogP contribution in [0.5, 0.6) is 17.2 Å². The topological polar surface area (TPSA) is 193 Å². The van der Waals surface area contributed by atoms with Crippen molar-refractivity contribution in [3.8, 4) is 17.2 Å². The number of ether oxygens (including phenoxy) is 3. The molecule has 14 heteroatoms. The Bertz CT molecular complexity index is 1370. The summed E-state index contributed by atoms with van der Waals surface area (Å²) in [6.45, 7) is 6.61. The summed E-state index contributed by atoms with van der Waals surface area (Å²) in [6, 6.07) is 8.88. The van der Waals surface area contributed by atoms with E-state index in [9.17, 15) is 29.1 Å². The van der Waals surface area contributed by atoms with Crippen LogP contribution in [0.2, 0.25) is 0 Å². The first-order valence-electron chi connectivity index (χ1n) is 15.0. The second-order valence-electron chi connectivity index (χ2n) is 11.3. The summed E-state index contributed by atoms with van der Waals surface area (Å²) in [5, 5.41) is 23.4. The Morgan fingerprint density at radius 2 is 1.59 bits per heavy atom. The molecule has 0 spiro atoms. The van der Waals surface area contributed by atoms with Gasteiger partial charge in [0.25, 0.3) is 5.91 Å². The maximum atomic E-state index is 13.4. The van der Waals surface area contributed by atoms with E-state index >= 15 is 0 Å². The van der Waals surface area contributed by atoms with Crippen molar-refractivity contribution in [1.29, 1.82) is 0 Å². The van der Waals surface area contributed by atoms with E-state index in [1.54, 1.807) is 70.3 Å². The van der Waals surface area contributed by atoms with Crippen LogP contribution in [0.1, 0.15) is 44.5 Å². The second-order valence-corrected chi connectivity index (χ2v) is 11.3. The van der Waals surface area contributed by atoms with E-state index in [0.717, 1.165) is 0 Å². The molecule has 5 atom stereocenters. The first-order valence-corrected chi connectivity index (χ1v) is 15.0. The number of carbonyl (C=O) groups is 5. The number of carbonyl (C=O) groups excluding carboxylic acids is 5. The van der Waals surface area contributed by atoms with Crippen LogP contribution in [0, 0.1) is 5.92 Å². The monoisotopic (exact) mass is 641 g/mol. The molecular weight excluding hydrogens is 598 g/mol. The SMILES string of the molecule is COc1ccc(OCCNC(=O)[C@@H]2CC(=O)N[C@@H]([C@@H](C)O)C(=O)N[C@H](C(C)C)C(=O)N[C@@H](C)COc3ccccc3C(=O)N2)cc1. The van der Waals surface area contributed by atoms with Crippen molar-refractivity contribution in [2.45, 2.75) is 64.4 Å². The van der Waals surface area contributed by atoms with Gasteiger partial charge in [-0.05, 0) is 56.2 Å². The number of hydrogen-bond acceptors (Lipinski definition) is 9. The predicted octanol–water partition coefficient (Wildman–Crippen LogP) is 0.282. The van der Waals surface area contributed by atoms with Crippen LogP contribution >= 0.6 is 0 Å². The molecule has 0 radical (unpaired) electrons. The molecule has 6 N–H and O–H groups in total. The van der Waals surface area contributed by atoms with Gasteiger partial charge in [0.2, 0.25) is 23.6 Å². The molecule has 14 nitrogen and oxygen atoms in total. The van der Waals surface area contributed by atoms with E-state index in [4.69, 9.17) is 14.2 Å². The zero-order valence-electron chi connectivity index (χ0n) is 26.6. The molecule has 0 aliphatic carbocycles. The largest absolute Gasteiger partial charge is 0.497 e. The third kappa shape index (κ3) is 10.4. The van der Waals surface area contributed by atoms with Crippen LogP contribution in [0.3, 0.4) is 0 Å². The molecule has 2 aromatic carbocycles. The van der Waals surface area contributed by atoms with E-state index < -0.39 is 66.2 Å². The Labute approximate surface area is 267 Å². The van der Waals surface area contributed by atoms with Crippen molar-refractivity contribution in [3.63, 3.8) is 0 Å². The zero-order valence-corrected chi connectivity index (χ0v) is 26.6. The Morgan fingerprint density at radius 3 is 2.24 bits per heavy atom. The minimum Gasteiger partial charge on any atom is -0.497 e. The predicted molar refractivity (Wildman–Crippen MR) is 167 cm³/mol. The average molecular weight is 642 g/mol. The molecule has 1 heterocycles. The first-order chi connectivity index (χ1) is 21.9. The fourth-order valence-electron chi connectivity index (χ4n) is 4.55. The highest BCUT2D eigenvalue weighted by molar-refractivity contribution is 6.01. The lowest BCUT2D eigenvalue weighted by atomic mass is 10.0. The quantitative estimate of drug-likeness (QED) is 0.220. The lowest BCUT2D eigenvalue weighted by molar-refractivity contribution is -0.135. The Morgan fingerprint density at radius 1 is 0.935 bits per heavy atom. The minimum absolute atomic E-state index is 0.0107. The third-order valence-electron chi connectivity index (χ3n) is 7.08. The summed E-state index contributed by atoms with van der Waals surface area (Å²) in [7, 11) is 1.55. The molecule has 0 unspecified atom stereocenters. The van der Waals surface area contributed by atoms with Crippen LogP contribution < -0.4 is 40.8 Å². The average Bonchev–Trinajstić information content (AvgIpc) is 3.02. The zero-order chi connectivity index (χ0) is 33.8. The molecule has 3 rings (SSSR count). The fourth-order valence-corrected chi connectivity index (χ4v) is 4.55. The number of nitrogens with one attached hydrogen (secondary N) is 5. The summed E-state index contributed by atoms with van der Waals surface area (Å²) >= 11 is 0. The lowest BCUT2D eigenvalue weighted by Crippen LogP contribution is -2.59. The van der Waals surface area contributed by atoms with Gasteiger partial charge >= 0.3 is 0 Å². The molecule has 250 valence electrons. The highest BCUT2D eigenvalue weighted by Crippen LogP contribution is 2.19. The van der Waals surface area contributed by atoms with Gasteiger partial charge in [-0.1, -0.05) is 26.0 Å². The maximum Gasteiger partial charge on any atom is 0.255 e. The van der Waals surface area contributed by atoms with Gasteiger partial charge in [0, 0.05) is 0 Å². The smallest absolute Gasteiger partial charge is 0.255 e. The third-order valence-corrected chi connectivity index (χ3v) is 7.08. The Hall–Kier alpha value is -4.85. The molecule has 2 aromatic rings. The summed E-state index contributed by atoms with van der Waals surface area (Å²) in [5.41, 5.74) is 0.102. The van der Waals surface area contributed by atoms with Crippen LogP contribution in [0.15, 0.2) is 48.5 Å². The van der Waals surface area contributed by atoms with E-state index in [0.29, 0.717) is 11.5 Å². The van der Waals surface area contributed by atoms with E-state index in [1.165, 1.54) is 13.0 Å². The van der Waals surface area contributed by atoms with E-state index in [2.05, 4.69) is 26.6 Å². The number of fused-ring (bicyclic) bond motifs is 1. The van der Waals surface area contributed by atoms with Gasteiger partial charge in [0.15, 0.2) is 0 Å². The number of hydrogen-bond donors (Lipinski definition) is 6. The van der Waals surface area contributed by atoms with Crippen molar-refractivity contribution in [1.82, 2.24) is 26.6 Å². The maximum absolute atomic E-state index is 13.4. The highest BCUT2D eigenvalue weighted by atomic mass is 16.5. The van der Waals surface area contributed by atoms with Crippen LogP contribution in [-0.2, 0) is 19.2 Å². The number of methoxy groups -OCH3 is 1. The molecule has 0 aromatic heterocycles. The van der Waals surface area contributed by atoms with Crippen LogP contribution in [0.4, 0.5) is 0 Å². The van der Waals surface area contributed by atoms with Crippen molar-refractivity contribution in [2.75, 3.05) is 26.9 Å². The van der Waals surface area contributed by atoms with Crippen molar-refractivity contribution in [2.24, 2.45) is 5.92 Å². The second kappa shape index (κ2) is 17.0. The molecular formula is C32H43N5O9. The fraction of sp³-hybridized carbons (Fsp3) is 0.469. The molecule has 5 amide bonds. The van der Waals surface area contributed by atoms with E-state index in [1.807, 2.05) is 0 Å². The number of amides is 5. The number of aliphatic hydroxyl groups excluding tert-OH is 1. The first kappa shape index (κ1) is 35.6. The van der Waals surface area contributed by atoms with Gasteiger partial charge < -0.3 is 45.9 Å². The number of benzene rings is 2. The molecule has 1 aliphatic rings.